The van der Waals surface area contributed by atoms with Crippen LogP contribution in [0.2, 0.25) is 10.0 Å². The number of anilines is 1. The van der Waals surface area contributed by atoms with Crippen molar-refractivity contribution >= 4 is 62.5 Å². The highest BCUT2D eigenvalue weighted by molar-refractivity contribution is 9.10. The molecule has 0 spiro atoms. The number of halogens is 3. The second-order valence-corrected chi connectivity index (χ2v) is 9.05. The van der Waals surface area contributed by atoms with E-state index in [0.717, 1.165) is 0 Å². The lowest BCUT2D eigenvalue weighted by molar-refractivity contribution is 0.0517. The van der Waals surface area contributed by atoms with Gasteiger partial charge >= 0.3 is 5.97 Å². The van der Waals surface area contributed by atoms with Crippen molar-refractivity contribution in [3.05, 3.63) is 104 Å². The van der Waals surface area contributed by atoms with Gasteiger partial charge in [-0.1, -0.05) is 58.7 Å². The van der Waals surface area contributed by atoms with Gasteiger partial charge in [-0.05, 0) is 52.7 Å². The zero-order chi connectivity index (χ0) is 25.8. The molecule has 0 saturated carbocycles. The lowest BCUT2D eigenvalue weighted by Gasteiger charge is -2.14. The number of nitrogens with two attached hydrogens (primary N) is 1. The highest BCUT2D eigenvalue weighted by atomic mass is 79.9. The molecular weight excluding hydrogens is 571 g/mol. The summed E-state index contributed by atoms with van der Waals surface area (Å²) in [5.41, 5.74) is 7.28. The molecule has 1 amide bonds. The number of amidine groups is 1. The number of hydrogen-bond donors (Lipinski definition) is 2. The predicted octanol–water partition coefficient (Wildman–Crippen LogP) is 5.37. The molecule has 4 aromatic rings. The molecule has 182 valence electrons. The van der Waals surface area contributed by atoms with Crippen LogP contribution in [0.3, 0.4) is 0 Å². The molecule has 0 atom stereocenters. The molecule has 0 fully saturated rings. The molecule has 2 heterocycles. The van der Waals surface area contributed by atoms with Crippen molar-refractivity contribution < 1.29 is 14.4 Å². The summed E-state index contributed by atoms with van der Waals surface area (Å²) < 4.78 is 1.67. The fourth-order valence-electron chi connectivity index (χ4n) is 3.26. The van der Waals surface area contributed by atoms with Crippen LogP contribution in [0.5, 0.6) is 0 Å². The number of nitrogens with zero attached hydrogens (tertiary/aromatic N) is 4. The summed E-state index contributed by atoms with van der Waals surface area (Å²) in [4.78, 5) is 35.5. The van der Waals surface area contributed by atoms with Gasteiger partial charge in [0.1, 0.15) is 10.3 Å². The molecule has 0 bridgehead atoms. The van der Waals surface area contributed by atoms with E-state index < -0.39 is 11.9 Å². The second-order valence-electron chi connectivity index (χ2n) is 7.39. The second kappa shape index (κ2) is 10.9. The topological polar surface area (TPSA) is 124 Å². The first-order chi connectivity index (χ1) is 17.2. The number of nitrogens with one attached hydrogen (secondary N) is 1. The normalized spacial score (nSPS) is 11.3. The summed E-state index contributed by atoms with van der Waals surface area (Å²) >= 11 is 15.7. The van der Waals surface area contributed by atoms with Crippen molar-refractivity contribution in [3.63, 3.8) is 0 Å². The predicted molar refractivity (Wildman–Crippen MR) is 141 cm³/mol. The number of oxime groups is 1. The van der Waals surface area contributed by atoms with E-state index in [2.05, 4.69) is 36.5 Å². The number of aromatic nitrogens is 3. The Morgan fingerprint density at radius 2 is 1.86 bits per heavy atom. The van der Waals surface area contributed by atoms with E-state index in [0.29, 0.717) is 20.8 Å². The monoisotopic (exact) mass is 586 g/mol. The standard InChI is InChI=1S/C24H17BrCl2N6O3/c1-13-10-15(26)11-16(24(35)36-32-21(28)14-6-3-2-4-7-14)20(13)30-23(34)18-12-19(25)31-33(18)22-17(27)8-5-9-29-22/h2-12H,1H3,(H2,28,32)(H,30,34). The molecule has 9 nitrogen and oxygen atoms in total. The Kier molecular flexibility index (Phi) is 7.68. The molecule has 0 radical (unpaired) electrons. The van der Waals surface area contributed by atoms with Crippen molar-refractivity contribution in [2.24, 2.45) is 10.9 Å². The molecule has 4 rings (SSSR count). The van der Waals surface area contributed by atoms with Crippen molar-refractivity contribution in [2.45, 2.75) is 6.92 Å². The van der Waals surface area contributed by atoms with Crippen LogP contribution in [-0.4, -0.2) is 32.5 Å². The van der Waals surface area contributed by atoms with Crippen LogP contribution in [0, 0.1) is 6.92 Å². The van der Waals surface area contributed by atoms with E-state index in [1.54, 1.807) is 49.4 Å². The minimum atomic E-state index is -0.864. The molecule has 0 aliphatic heterocycles. The van der Waals surface area contributed by atoms with Crippen molar-refractivity contribution in [1.82, 2.24) is 14.8 Å². The zero-order valence-corrected chi connectivity index (χ0v) is 21.7. The smallest absolute Gasteiger partial charge is 0.367 e. The SMILES string of the molecule is Cc1cc(Cl)cc(C(=O)O/N=C(/N)c2ccccc2)c1NC(=O)c1cc(Br)nn1-c1ncccc1Cl. The highest BCUT2D eigenvalue weighted by Crippen LogP contribution is 2.28. The van der Waals surface area contributed by atoms with Crippen molar-refractivity contribution in [2.75, 3.05) is 5.32 Å². The fraction of sp³-hybridized carbons (Fsp3) is 0.0417. The van der Waals surface area contributed by atoms with Gasteiger partial charge in [0.05, 0.1) is 16.3 Å². The van der Waals surface area contributed by atoms with Gasteiger partial charge in [0, 0.05) is 22.8 Å². The molecule has 3 N–H and O–H groups in total. The van der Waals surface area contributed by atoms with Crippen LogP contribution >= 0.6 is 39.1 Å². The molecule has 0 saturated heterocycles. The maximum atomic E-state index is 13.3. The Balaban J connectivity index is 1.65. The van der Waals surface area contributed by atoms with Crippen LogP contribution < -0.4 is 11.1 Å². The Morgan fingerprint density at radius 1 is 1.11 bits per heavy atom. The van der Waals surface area contributed by atoms with Crippen LogP contribution in [0.25, 0.3) is 5.82 Å². The van der Waals surface area contributed by atoms with Gasteiger partial charge < -0.3 is 15.9 Å². The van der Waals surface area contributed by atoms with Crippen molar-refractivity contribution in [3.8, 4) is 5.82 Å². The van der Waals surface area contributed by atoms with Gasteiger partial charge in [0.25, 0.3) is 5.91 Å². The third-order valence-corrected chi connectivity index (χ3v) is 5.81. The third kappa shape index (κ3) is 5.56. The average Bonchev–Trinajstić information content (AvgIpc) is 3.26. The Labute approximate surface area is 224 Å². The van der Waals surface area contributed by atoms with E-state index in [-0.39, 0.29) is 33.6 Å². The van der Waals surface area contributed by atoms with Crippen LogP contribution in [0.1, 0.15) is 32.0 Å². The summed E-state index contributed by atoms with van der Waals surface area (Å²) in [5, 5.41) is 11.3. The molecular formula is C24H17BrCl2N6O3. The van der Waals surface area contributed by atoms with Gasteiger partial charge in [0.2, 0.25) is 0 Å². The summed E-state index contributed by atoms with van der Waals surface area (Å²) in [6, 6.07) is 16.5. The number of benzene rings is 2. The van der Waals surface area contributed by atoms with E-state index in [4.69, 9.17) is 33.8 Å². The number of rotatable bonds is 6. The van der Waals surface area contributed by atoms with Gasteiger partial charge in [-0.25, -0.2) is 14.5 Å². The van der Waals surface area contributed by atoms with Gasteiger partial charge in [-0.3, -0.25) is 4.79 Å². The third-order valence-electron chi connectivity index (χ3n) is 4.91. The van der Waals surface area contributed by atoms with Crippen molar-refractivity contribution in [1.29, 1.82) is 0 Å². The molecule has 2 aromatic heterocycles. The summed E-state index contributed by atoms with van der Waals surface area (Å²) in [6.45, 7) is 1.68. The largest absolute Gasteiger partial charge is 0.380 e. The number of pyridine rings is 1. The molecule has 0 aliphatic rings. The zero-order valence-electron chi connectivity index (χ0n) is 18.6. The quantitative estimate of drug-likeness (QED) is 0.135. The minimum absolute atomic E-state index is 0.00859. The Morgan fingerprint density at radius 3 is 2.58 bits per heavy atom. The minimum Gasteiger partial charge on any atom is -0.380 e. The highest BCUT2D eigenvalue weighted by Gasteiger charge is 2.23. The first-order valence-corrected chi connectivity index (χ1v) is 11.9. The van der Waals surface area contributed by atoms with Gasteiger partial charge in [0.15, 0.2) is 11.7 Å². The van der Waals surface area contributed by atoms with E-state index in [9.17, 15) is 9.59 Å². The maximum Gasteiger partial charge on any atom is 0.367 e. The number of hydrogen-bond acceptors (Lipinski definition) is 6. The lowest BCUT2D eigenvalue weighted by atomic mass is 10.1. The van der Waals surface area contributed by atoms with Crippen LogP contribution in [-0.2, 0) is 4.84 Å². The van der Waals surface area contributed by atoms with E-state index in [1.807, 2.05) is 6.07 Å². The summed E-state index contributed by atoms with van der Waals surface area (Å²) in [7, 11) is 0. The summed E-state index contributed by atoms with van der Waals surface area (Å²) in [5.74, 6) is -1.18. The molecule has 2 aromatic carbocycles. The molecule has 12 heteroatoms. The van der Waals surface area contributed by atoms with Gasteiger partial charge in [-0.2, -0.15) is 5.10 Å². The average molecular weight is 588 g/mol. The van der Waals surface area contributed by atoms with E-state index >= 15 is 0 Å². The van der Waals surface area contributed by atoms with Crippen LogP contribution in [0.4, 0.5) is 5.69 Å². The lowest BCUT2D eigenvalue weighted by Crippen LogP contribution is -2.20. The number of aryl methyl sites for hydroxylation is 1. The summed E-state index contributed by atoms with van der Waals surface area (Å²) in [6.07, 6.45) is 1.53. The molecule has 36 heavy (non-hydrogen) atoms. The first kappa shape index (κ1) is 25.4. The molecule has 0 aliphatic carbocycles. The maximum absolute atomic E-state index is 13.3. The van der Waals surface area contributed by atoms with Crippen LogP contribution in [0.15, 0.2) is 76.6 Å². The van der Waals surface area contributed by atoms with Gasteiger partial charge in [-0.15, -0.1) is 0 Å². The first-order valence-electron chi connectivity index (χ1n) is 10.3. The Bertz CT molecular complexity index is 1490. The molecule has 0 unspecified atom stereocenters. The van der Waals surface area contributed by atoms with E-state index in [1.165, 1.54) is 23.0 Å². The Hall–Kier alpha value is -3.73. The number of carbonyl (C=O) groups is 2. The number of amides is 1. The fourth-order valence-corrected chi connectivity index (χ4v) is 4.11. The number of carbonyl (C=O) groups excluding carboxylic acids is 2.